The molecule has 0 saturated heterocycles. The summed E-state index contributed by atoms with van der Waals surface area (Å²) in [6.07, 6.45) is 0.599. The van der Waals surface area contributed by atoms with Crippen LogP contribution in [0.4, 0.5) is 0 Å². The van der Waals surface area contributed by atoms with Gasteiger partial charge in [0.2, 0.25) is 10.0 Å². The molecule has 1 aromatic carbocycles. The van der Waals surface area contributed by atoms with E-state index in [0.717, 1.165) is 10.6 Å². The van der Waals surface area contributed by atoms with Crippen molar-refractivity contribution in [3.8, 4) is 0 Å². The Morgan fingerprint density at radius 1 is 1.38 bits per heavy atom. The molecule has 0 aliphatic rings. The third-order valence-electron chi connectivity index (χ3n) is 3.04. The summed E-state index contributed by atoms with van der Waals surface area (Å²) in [6.45, 7) is 3.61. The maximum Gasteiger partial charge on any atom is 0.240 e. The molecule has 7 heteroatoms. The van der Waals surface area contributed by atoms with Gasteiger partial charge in [-0.3, -0.25) is 4.79 Å². The minimum Gasteiger partial charge on any atom is -0.295 e. The molecule has 5 nitrogen and oxygen atoms in total. The summed E-state index contributed by atoms with van der Waals surface area (Å²) < 4.78 is 26.9. The van der Waals surface area contributed by atoms with Gasteiger partial charge in [-0.1, -0.05) is 12.1 Å². The van der Waals surface area contributed by atoms with E-state index in [1.807, 2.05) is 6.92 Å². The van der Waals surface area contributed by atoms with Crippen molar-refractivity contribution in [3.63, 3.8) is 0 Å². The van der Waals surface area contributed by atoms with Crippen LogP contribution in [0.2, 0.25) is 0 Å². The Bertz CT molecular complexity index is 751. The molecule has 0 spiro atoms. The minimum atomic E-state index is -3.60. The van der Waals surface area contributed by atoms with E-state index >= 15 is 0 Å². The lowest BCUT2D eigenvalue weighted by Crippen LogP contribution is -2.26. The van der Waals surface area contributed by atoms with Gasteiger partial charge in [-0.05, 0) is 32.4 Å². The number of Topliss-reactive ketones (excluding diaryl/α,β-unsaturated/α-hetero) is 1. The van der Waals surface area contributed by atoms with Crippen LogP contribution in [-0.4, -0.2) is 25.7 Å². The third kappa shape index (κ3) is 3.96. The molecule has 2 aromatic rings. The van der Waals surface area contributed by atoms with Gasteiger partial charge in [0.1, 0.15) is 0 Å². The molecule has 21 heavy (non-hydrogen) atoms. The number of thiazole rings is 1. The SMILES string of the molecule is CC(=O)c1cccc(S(=O)(=O)NCCc2scnc2C)c1. The number of ketones is 1. The largest absolute Gasteiger partial charge is 0.295 e. The summed E-state index contributed by atoms with van der Waals surface area (Å²) in [6, 6.07) is 6.04. The molecule has 0 radical (unpaired) electrons. The zero-order chi connectivity index (χ0) is 15.5. The molecule has 0 aliphatic carbocycles. The Balaban J connectivity index is 2.06. The quantitative estimate of drug-likeness (QED) is 0.826. The number of rotatable bonds is 6. The van der Waals surface area contributed by atoms with Gasteiger partial charge in [-0.2, -0.15) is 0 Å². The molecule has 2 rings (SSSR count). The van der Waals surface area contributed by atoms with Gasteiger partial charge in [-0.15, -0.1) is 11.3 Å². The number of hydrogen-bond donors (Lipinski definition) is 1. The molecule has 1 aromatic heterocycles. The Hall–Kier alpha value is -1.57. The van der Waals surface area contributed by atoms with E-state index in [1.165, 1.54) is 30.4 Å². The second-order valence-corrected chi connectivity index (χ2v) is 7.30. The topological polar surface area (TPSA) is 76.1 Å². The molecule has 1 N–H and O–H groups in total. The highest BCUT2D eigenvalue weighted by Gasteiger charge is 2.15. The van der Waals surface area contributed by atoms with E-state index in [0.29, 0.717) is 18.5 Å². The van der Waals surface area contributed by atoms with Crippen LogP contribution < -0.4 is 4.72 Å². The van der Waals surface area contributed by atoms with Crippen LogP contribution in [0, 0.1) is 6.92 Å². The molecular weight excluding hydrogens is 308 g/mol. The van der Waals surface area contributed by atoms with E-state index < -0.39 is 10.0 Å². The van der Waals surface area contributed by atoms with Gasteiger partial charge in [0.15, 0.2) is 5.78 Å². The van der Waals surface area contributed by atoms with E-state index in [1.54, 1.807) is 17.6 Å². The van der Waals surface area contributed by atoms with Gasteiger partial charge in [0.25, 0.3) is 0 Å². The number of benzene rings is 1. The zero-order valence-corrected chi connectivity index (χ0v) is 13.4. The second kappa shape index (κ2) is 6.46. The number of carbonyl (C=O) groups excluding carboxylic acids is 1. The van der Waals surface area contributed by atoms with Crippen molar-refractivity contribution in [2.24, 2.45) is 0 Å². The lowest BCUT2D eigenvalue weighted by Gasteiger charge is -2.07. The molecule has 1 heterocycles. The van der Waals surface area contributed by atoms with Crippen molar-refractivity contribution in [2.45, 2.75) is 25.2 Å². The van der Waals surface area contributed by atoms with Gasteiger partial charge < -0.3 is 0 Å². The van der Waals surface area contributed by atoms with Crippen molar-refractivity contribution < 1.29 is 13.2 Å². The fourth-order valence-corrected chi connectivity index (χ4v) is 3.69. The molecule has 0 atom stereocenters. The number of carbonyl (C=O) groups is 1. The molecule has 0 amide bonds. The summed E-state index contributed by atoms with van der Waals surface area (Å²) in [5.74, 6) is -0.160. The summed E-state index contributed by atoms with van der Waals surface area (Å²) in [4.78, 5) is 16.6. The highest BCUT2D eigenvalue weighted by molar-refractivity contribution is 7.89. The van der Waals surface area contributed by atoms with Crippen molar-refractivity contribution >= 4 is 27.1 Å². The van der Waals surface area contributed by atoms with Gasteiger partial charge in [-0.25, -0.2) is 18.1 Å². The van der Waals surface area contributed by atoms with Crippen LogP contribution in [0.1, 0.15) is 27.9 Å². The second-order valence-electron chi connectivity index (χ2n) is 4.59. The maximum atomic E-state index is 12.2. The number of aromatic nitrogens is 1. The fourth-order valence-electron chi connectivity index (χ4n) is 1.83. The molecule has 0 saturated carbocycles. The summed E-state index contributed by atoms with van der Waals surface area (Å²) in [7, 11) is -3.60. The lowest BCUT2D eigenvalue weighted by atomic mass is 10.2. The predicted octanol–water partition coefficient (Wildman–Crippen LogP) is 2.18. The Labute approximate surface area is 128 Å². The monoisotopic (exact) mass is 324 g/mol. The third-order valence-corrected chi connectivity index (χ3v) is 5.49. The van der Waals surface area contributed by atoms with Crippen LogP contribution in [0.3, 0.4) is 0 Å². The fraction of sp³-hybridized carbons (Fsp3) is 0.286. The Kier molecular flexibility index (Phi) is 4.87. The number of sulfonamides is 1. The highest BCUT2D eigenvalue weighted by Crippen LogP contribution is 2.14. The van der Waals surface area contributed by atoms with Crippen molar-refractivity contribution in [2.75, 3.05) is 6.54 Å². The number of nitrogens with one attached hydrogen (secondary N) is 1. The molecule has 0 fully saturated rings. The zero-order valence-electron chi connectivity index (χ0n) is 11.8. The molecule has 0 unspecified atom stereocenters. The first-order chi connectivity index (χ1) is 9.90. The molecule has 0 aliphatic heterocycles. The first-order valence-electron chi connectivity index (χ1n) is 6.40. The van der Waals surface area contributed by atoms with Crippen LogP contribution in [0.5, 0.6) is 0 Å². The molecule has 112 valence electrons. The lowest BCUT2D eigenvalue weighted by molar-refractivity contribution is 0.101. The van der Waals surface area contributed by atoms with E-state index in [-0.39, 0.29) is 10.7 Å². The average Bonchev–Trinajstić information content (AvgIpc) is 2.84. The van der Waals surface area contributed by atoms with Crippen molar-refractivity contribution in [1.82, 2.24) is 9.71 Å². The van der Waals surface area contributed by atoms with Gasteiger partial charge in [0.05, 0.1) is 16.1 Å². The average molecular weight is 324 g/mol. The van der Waals surface area contributed by atoms with Gasteiger partial charge in [0, 0.05) is 17.0 Å². The highest BCUT2D eigenvalue weighted by atomic mass is 32.2. The van der Waals surface area contributed by atoms with Crippen molar-refractivity contribution in [3.05, 3.63) is 45.9 Å². The first kappa shape index (κ1) is 15.8. The van der Waals surface area contributed by atoms with E-state index in [9.17, 15) is 13.2 Å². The Morgan fingerprint density at radius 3 is 2.76 bits per heavy atom. The van der Waals surface area contributed by atoms with Crippen LogP contribution in [0.25, 0.3) is 0 Å². The Morgan fingerprint density at radius 2 is 2.14 bits per heavy atom. The minimum absolute atomic E-state index is 0.108. The number of hydrogen-bond acceptors (Lipinski definition) is 5. The van der Waals surface area contributed by atoms with Crippen LogP contribution in [0.15, 0.2) is 34.7 Å². The maximum absolute atomic E-state index is 12.2. The molecular formula is C14H16N2O3S2. The van der Waals surface area contributed by atoms with E-state index in [4.69, 9.17) is 0 Å². The predicted molar refractivity (Wildman–Crippen MR) is 82.2 cm³/mol. The van der Waals surface area contributed by atoms with E-state index in [2.05, 4.69) is 9.71 Å². The normalized spacial score (nSPS) is 11.5. The smallest absolute Gasteiger partial charge is 0.240 e. The summed E-state index contributed by atoms with van der Waals surface area (Å²) in [5, 5.41) is 0. The van der Waals surface area contributed by atoms with Crippen LogP contribution >= 0.6 is 11.3 Å². The summed E-state index contributed by atoms with van der Waals surface area (Å²) >= 11 is 1.51. The first-order valence-corrected chi connectivity index (χ1v) is 8.76. The molecule has 0 bridgehead atoms. The number of aryl methyl sites for hydroxylation is 1. The van der Waals surface area contributed by atoms with Crippen LogP contribution in [-0.2, 0) is 16.4 Å². The number of nitrogens with zero attached hydrogens (tertiary/aromatic N) is 1. The standard InChI is InChI=1S/C14H16N2O3S2/c1-10-14(20-9-15-10)6-7-16-21(18,19)13-5-3-4-12(8-13)11(2)17/h3-5,8-9,16H,6-7H2,1-2H3. The van der Waals surface area contributed by atoms with Crippen molar-refractivity contribution in [1.29, 1.82) is 0 Å². The summed E-state index contributed by atoms with van der Waals surface area (Å²) in [5.41, 5.74) is 3.06. The van der Waals surface area contributed by atoms with Gasteiger partial charge >= 0.3 is 0 Å².